The van der Waals surface area contributed by atoms with Gasteiger partial charge in [-0.3, -0.25) is 9.36 Å². The Kier molecular flexibility index (Phi) is 8.51. The van der Waals surface area contributed by atoms with Crippen LogP contribution in [0, 0.1) is 20.8 Å². The maximum atomic E-state index is 12.7. The first-order valence-electron chi connectivity index (χ1n) is 10.6. The highest BCUT2D eigenvalue weighted by Crippen LogP contribution is 2.33. The van der Waals surface area contributed by atoms with E-state index in [1.807, 2.05) is 56.5 Å². The maximum Gasteiger partial charge on any atom is 0.341 e. The van der Waals surface area contributed by atoms with Crippen LogP contribution in [0.2, 0.25) is 0 Å². The predicted molar refractivity (Wildman–Crippen MR) is 135 cm³/mol. The number of allylic oxidation sites excluding steroid dienone is 1. The molecular weight excluding hydrogens is 472 g/mol. The molecule has 3 aromatic rings. The summed E-state index contributed by atoms with van der Waals surface area (Å²) in [6.07, 6.45) is 1.40. The number of nitrogens with one attached hydrogen (secondary N) is 1. The third kappa shape index (κ3) is 5.68. The molecule has 34 heavy (non-hydrogen) atoms. The molecule has 1 N–H and O–H groups in total. The van der Waals surface area contributed by atoms with Gasteiger partial charge in [-0.25, -0.2) is 4.79 Å². The van der Waals surface area contributed by atoms with E-state index in [-0.39, 0.29) is 17.8 Å². The lowest BCUT2D eigenvalue weighted by Gasteiger charge is -2.17. The summed E-state index contributed by atoms with van der Waals surface area (Å²) in [6, 6.07) is 7.78. The van der Waals surface area contributed by atoms with E-state index in [4.69, 9.17) is 9.47 Å². The van der Waals surface area contributed by atoms with Crippen molar-refractivity contribution in [3.63, 3.8) is 0 Å². The Hall–Kier alpha value is -3.11. The molecule has 0 spiro atoms. The van der Waals surface area contributed by atoms with Gasteiger partial charge in [-0.05, 0) is 44.9 Å². The molecule has 1 amide bonds. The molecule has 1 unspecified atom stereocenters. The number of para-hydroxylation sites is 1. The number of amides is 1. The third-order valence-corrected chi connectivity index (χ3v) is 7.27. The summed E-state index contributed by atoms with van der Waals surface area (Å²) < 4.78 is 12.9. The van der Waals surface area contributed by atoms with Crippen LogP contribution in [0.15, 0.2) is 42.1 Å². The lowest BCUT2D eigenvalue weighted by molar-refractivity contribution is -0.113. The molecule has 0 radical (unpaired) electrons. The van der Waals surface area contributed by atoms with Crippen molar-refractivity contribution in [3.8, 4) is 5.75 Å². The predicted octanol–water partition coefficient (Wildman–Crippen LogP) is 5.11. The Labute approximate surface area is 207 Å². The zero-order valence-corrected chi connectivity index (χ0v) is 21.5. The smallest absolute Gasteiger partial charge is 0.341 e. The molecule has 0 saturated heterocycles. The van der Waals surface area contributed by atoms with E-state index in [0.29, 0.717) is 28.1 Å². The van der Waals surface area contributed by atoms with Crippen molar-refractivity contribution < 1.29 is 19.1 Å². The molecule has 0 aliphatic heterocycles. The number of aromatic nitrogens is 3. The molecule has 0 aliphatic carbocycles. The Balaban J connectivity index is 1.72. The molecule has 0 aliphatic rings. The van der Waals surface area contributed by atoms with E-state index in [2.05, 4.69) is 22.1 Å². The second-order valence-electron chi connectivity index (χ2n) is 7.58. The van der Waals surface area contributed by atoms with Gasteiger partial charge in [-0.15, -0.1) is 28.1 Å². The van der Waals surface area contributed by atoms with Crippen molar-refractivity contribution in [1.82, 2.24) is 14.8 Å². The van der Waals surface area contributed by atoms with Gasteiger partial charge in [-0.1, -0.05) is 36.0 Å². The zero-order chi connectivity index (χ0) is 24.8. The Morgan fingerprint density at radius 3 is 2.68 bits per heavy atom. The van der Waals surface area contributed by atoms with Crippen LogP contribution in [0.25, 0.3) is 0 Å². The first-order valence-corrected chi connectivity index (χ1v) is 12.4. The fourth-order valence-corrected chi connectivity index (χ4v) is 5.12. The first-order chi connectivity index (χ1) is 16.3. The highest BCUT2D eigenvalue weighted by Gasteiger charge is 2.23. The van der Waals surface area contributed by atoms with Crippen molar-refractivity contribution >= 4 is 40.0 Å². The summed E-state index contributed by atoms with van der Waals surface area (Å²) in [7, 11) is 1.32. The number of methoxy groups -OCH3 is 1. The van der Waals surface area contributed by atoms with Crippen LogP contribution in [0.4, 0.5) is 5.00 Å². The van der Waals surface area contributed by atoms with Gasteiger partial charge < -0.3 is 14.8 Å². The van der Waals surface area contributed by atoms with E-state index >= 15 is 0 Å². The average Bonchev–Trinajstić information content (AvgIpc) is 3.33. The third-order valence-electron chi connectivity index (χ3n) is 5.18. The first kappa shape index (κ1) is 25.5. The van der Waals surface area contributed by atoms with Crippen molar-refractivity contribution in [2.24, 2.45) is 0 Å². The van der Waals surface area contributed by atoms with Gasteiger partial charge in [0.2, 0.25) is 5.91 Å². The Morgan fingerprint density at radius 1 is 1.26 bits per heavy atom. The summed E-state index contributed by atoms with van der Waals surface area (Å²) >= 11 is 2.61. The van der Waals surface area contributed by atoms with Crippen molar-refractivity contribution in [2.45, 2.75) is 45.5 Å². The molecule has 2 aromatic heterocycles. The van der Waals surface area contributed by atoms with Crippen LogP contribution in [-0.2, 0) is 16.1 Å². The van der Waals surface area contributed by atoms with E-state index in [0.717, 1.165) is 21.8 Å². The number of aryl methyl sites for hydroxylation is 2. The monoisotopic (exact) mass is 500 g/mol. The van der Waals surface area contributed by atoms with Crippen LogP contribution in [-0.4, -0.2) is 39.5 Å². The maximum absolute atomic E-state index is 12.7. The molecule has 0 bridgehead atoms. The summed E-state index contributed by atoms with van der Waals surface area (Å²) in [5, 5.41) is 12.5. The fourth-order valence-electron chi connectivity index (χ4n) is 3.30. The molecule has 2 heterocycles. The Morgan fingerprint density at radius 2 is 2.00 bits per heavy atom. The minimum atomic E-state index is -0.470. The van der Waals surface area contributed by atoms with Gasteiger partial charge in [0.1, 0.15) is 10.8 Å². The molecule has 8 nitrogen and oxygen atoms in total. The minimum Gasteiger partial charge on any atom is -0.482 e. The van der Waals surface area contributed by atoms with Crippen molar-refractivity contribution in [2.75, 3.05) is 18.2 Å². The number of hydrogen-bond acceptors (Lipinski definition) is 8. The van der Waals surface area contributed by atoms with Crippen LogP contribution in [0.1, 0.15) is 45.2 Å². The summed E-state index contributed by atoms with van der Waals surface area (Å²) in [5.74, 6) is 0.792. The number of hydrogen-bond donors (Lipinski definition) is 1. The van der Waals surface area contributed by atoms with E-state index in [9.17, 15) is 9.59 Å². The molecular formula is C24H28N4O4S2. The topological polar surface area (TPSA) is 95.3 Å². The van der Waals surface area contributed by atoms with Crippen molar-refractivity contribution in [1.29, 1.82) is 0 Å². The van der Waals surface area contributed by atoms with Crippen LogP contribution >= 0.6 is 23.1 Å². The molecule has 10 heteroatoms. The minimum absolute atomic E-state index is 0.0961. The van der Waals surface area contributed by atoms with E-state index in [1.54, 1.807) is 6.08 Å². The fraction of sp³-hybridized carbons (Fsp3) is 0.333. The number of benzene rings is 1. The molecule has 3 rings (SSSR count). The van der Waals surface area contributed by atoms with Crippen LogP contribution in [0.3, 0.4) is 0 Å². The van der Waals surface area contributed by atoms with Gasteiger partial charge in [0.25, 0.3) is 0 Å². The molecule has 0 saturated carbocycles. The van der Waals surface area contributed by atoms with Gasteiger partial charge >= 0.3 is 5.97 Å². The lowest BCUT2D eigenvalue weighted by atomic mass is 10.1. The number of thioether (sulfide) groups is 1. The second-order valence-corrected chi connectivity index (χ2v) is 9.75. The number of carbonyl (C=O) groups excluding carboxylic acids is 2. The SMILES string of the molecule is C=CCn1c(SCC(=O)Nc2sc(C)c(C)c2C(=O)OC)nnc1C(C)Oc1ccccc1C. The highest BCUT2D eigenvalue weighted by molar-refractivity contribution is 7.99. The van der Waals surface area contributed by atoms with Crippen LogP contribution < -0.4 is 10.1 Å². The number of esters is 1. The number of nitrogens with zero attached hydrogens (tertiary/aromatic N) is 3. The highest BCUT2D eigenvalue weighted by atomic mass is 32.2. The Bertz CT molecular complexity index is 1200. The summed E-state index contributed by atoms with van der Waals surface area (Å²) in [4.78, 5) is 25.8. The van der Waals surface area contributed by atoms with Crippen molar-refractivity contribution in [3.05, 3.63) is 64.3 Å². The van der Waals surface area contributed by atoms with Crippen LogP contribution in [0.5, 0.6) is 5.75 Å². The number of ether oxygens (including phenoxy) is 2. The summed E-state index contributed by atoms with van der Waals surface area (Å²) in [5.41, 5.74) is 2.22. The lowest BCUT2D eigenvalue weighted by Crippen LogP contribution is -2.17. The molecule has 1 aromatic carbocycles. The number of rotatable bonds is 10. The number of thiophene rings is 1. The van der Waals surface area contributed by atoms with E-state index < -0.39 is 5.97 Å². The van der Waals surface area contributed by atoms with Gasteiger partial charge in [0.05, 0.1) is 18.4 Å². The standard InChI is InChI=1S/C24H28N4O4S2/c1-7-12-28-21(16(4)32-18-11-9-8-10-14(18)2)26-27-24(28)33-13-19(29)25-22-20(23(30)31-6)15(3)17(5)34-22/h7-11,16H,1,12-13H2,2-6H3,(H,25,29). The van der Waals surface area contributed by atoms with Gasteiger partial charge in [0.15, 0.2) is 17.1 Å². The second kappa shape index (κ2) is 11.3. The molecule has 1 atom stereocenters. The largest absolute Gasteiger partial charge is 0.482 e. The van der Waals surface area contributed by atoms with Gasteiger partial charge in [-0.2, -0.15) is 0 Å². The number of anilines is 1. The quantitative estimate of drug-likeness (QED) is 0.235. The normalized spacial score (nSPS) is 11.7. The molecule has 0 fully saturated rings. The number of carbonyl (C=O) groups is 2. The van der Waals surface area contributed by atoms with Gasteiger partial charge in [0, 0.05) is 11.4 Å². The average molecular weight is 501 g/mol. The van der Waals surface area contributed by atoms with E-state index in [1.165, 1.54) is 30.2 Å². The summed E-state index contributed by atoms with van der Waals surface area (Å²) in [6.45, 7) is 11.9. The zero-order valence-electron chi connectivity index (χ0n) is 19.9. The molecule has 180 valence electrons.